The van der Waals surface area contributed by atoms with E-state index >= 15 is 0 Å². The van der Waals surface area contributed by atoms with Crippen LogP contribution in [0.5, 0.6) is 0 Å². The van der Waals surface area contributed by atoms with E-state index in [1.165, 1.54) is 30.3 Å². The Balaban J connectivity index is 1.64. The van der Waals surface area contributed by atoms with E-state index in [4.69, 9.17) is 4.42 Å². The van der Waals surface area contributed by atoms with Crippen LogP contribution in [-0.2, 0) is 14.8 Å². The van der Waals surface area contributed by atoms with Crippen LogP contribution in [0.3, 0.4) is 0 Å². The van der Waals surface area contributed by atoms with Crippen LogP contribution in [0, 0.1) is 0 Å². The molecule has 130 valence electrons. The molecule has 0 unspecified atom stereocenters. The number of carbonyl (C=O) groups excluding carboxylic acids is 2. The molecule has 1 aliphatic rings. The van der Waals surface area contributed by atoms with Crippen LogP contribution in [0.4, 0.5) is 0 Å². The van der Waals surface area contributed by atoms with Gasteiger partial charge in [-0.15, -0.1) is 4.40 Å². The molecule has 9 nitrogen and oxygen atoms in total. The largest absolute Gasteiger partial charge is 0.459 e. The van der Waals surface area contributed by atoms with Crippen molar-refractivity contribution < 1.29 is 22.4 Å². The van der Waals surface area contributed by atoms with Gasteiger partial charge in [-0.25, -0.2) is 0 Å². The van der Waals surface area contributed by atoms with Crippen molar-refractivity contribution in [3.63, 3.8) is 0 Å². The smallest absolute Gasteiger partial charge is 0.305 e. The van der Waals surface area contributed by atoms with E-state index in [0.717, 1.165) is 0 Å². The van der Waals surface area contributed by atoms with Gasteiger partial charge in [0, 0.05) is 12.6 Å². The predicted molar refractivity (Wildman–Crippen MR) is 87.1 cm³/mol. The summed E-state index contributed by atoms with van der Waals surface area (Å²) in [6, 6.07) is 9.35. The Labute approximate surface area is 143 Å². The number of nitrogens with one attached hydrogen (secondary N) is 2. The second-order valence-corrected chi connectivity index (χ2v) is 6.79. The Hall–Kier alpha value is -3.14. The van der Waals surface area contributed by atoms with E-state index in [2.05, 4.69) is 15.2 Å². The zero-order valence-corrected chi connectivity index (χ0v) is 13.9. The number of furan rings is 1. The maximum Gasteiger partial charge on any atom is 0.305 e. The molecule has 0 bridgehead atoms. The number of nitrogens with zero attached hydrogens (tertiary/aromatic N) is 2. The number of sulfonamides is 1. The van der Waals surface area contributed by atoms with Gasteiger partial charge in [-0.2, -0.15) is 8.42 Å². The standard InChI is InChI=1S/C15H14N4O5S/c1-19(9-13(20)16-17-15(21)11-6-4-8-24-11)14-10-5-2-3-7-12(10)25(22,23)18-14/h2-8H,9H2,1H3,(H,16,20)(H,17,21). The number of hydrazine groups is 1. The Morgan fingerprint density at radius 1 is 1.16 bits per heavy atom. The zero-order valence-electron chi connectivity index (χ0n) is 13.1. The summed E-state index contributed by atoms with van der Waals surface area (Å²) >= 11 is 0. The van der Waals surface area contributed by atoms with Crippen molar-refractivity contribution in [1.82, 2.24) is 15.8 Å². The summed E-state index contributed by atoms with van der Waals surface area (Å²) in [6.45, 7) is -0.207. The van der Waals surface area contributed by atoms with Crippen LogP contribution in [0.25, 0.3) is 0 Å². The highest BCUT2D eigenvalue weighted by molar-refractivity contribution is 7.90. The maximum absolute atomic E-state index is 12.0. The minimum atomic E-state index is -3.76. The molecule has 0 atom stereocenters. The van der Waals surface area contributed by atoms with Crippen LogP contribution in [0.15, 0.2) is 56.4 Å². The zero-order chi connectivity index (χ0) is 18.0. The Morgan fingerprint density at radius 2 is 1.92 bits per heavy atom. The van der Waals surface area contributed by atoms with Gasteiger partial charge >= 0.3 is 5.91 Å². The molecule has 2 heterocycles. The van der Waals surface area contributed by atoms with E-state index in [1.807, 2.05) is 0 Å². The number of benzene rings is 1. The van der Waals surface area contributed by atoms with Crippen LogP contribution < -0.4 is 10.9 Å². The number of likely N-dealkylation sites (N-methyl/N-ethyl adjacent to an activating group) is 1. The lowest BCUT2D eigenvalue weighted by molar-refractivity contribution is -0.122. The number of rotatable bonds is 3. The highest BCUT2D eigenvalue weighted by Gasteiger charge is 2.30. The number of carbonyl (C=O) groups is 2. The van der Waals surface area contributed by atoms with Gasteiger partial charge in [-0.3, -0.25) is 20.4 Å². The molecule has 0 aliphatic carbocycles. The monoisotopic (exact) mass is 362 g/mol. The molecule has 0 radical (unpaired) electrons. The second kappa shape index (κ2) is 6.40. The van der Waals surface area contributed by atoms with Gasteiger partial charge in [0.1, 0.15) is 4.90 Å². The molecular weight excluding hydrogens is 348 g/mol. The molecule has 25 heavy (non-hydrogen) atoms. The van der Waals surface area contributed by atoms with Crippen LogP contribution in [0.1, 0.15) is 16.1 Å². The van der Waals surface area contributed by atoms with E-state index in [0.29, 0.717) is 5.56 Å². The molecule has 2 amide bonds. The molecule has 3 rings (SSSR count). The highest BCUT2D eigenvalue weighted by atomic mass is 32.2. The van der Waals surface area contributed by atoms with E-state index in [-0.39, 0.29) is 23.0 Å². The summed E-state index contributed by atoms with van der Waals surface area (Å²) in [5.74, 6) is -0.934. The fourth-order valence-corrected chi connectivity index (χ4v) is 3.54. The van der Waals surface area contributed by atoms with Crippen molar-refractivity contribution in [2.75, 3.05) is 13.6 Å². The second-order valence-electron chi connectivity index (χ2n) is 5.22. The molecule has 10 heteroatoms. The average Bonchev–Trinajstić information content (AvgIpc) is 3.20. The summed E-state index contributed by atoms with van der Waals surface area (Å²) in [7, 11) is -2.23. The predicted octanol–water partition coefficient (Wildman–Crippen LogP) is 0.122. The molecule has 0 saturated carbocycles. The molecule has 1 aromatic carbocycles. The lowest BCUT2D eigenvalue weighted by atomic mass is 10.2. The molecule has 0 saturated heterocycles. The third kappa shape index (κ3) is 3.38. The summed E-state index contributed by atoms with van der Waals surface area (Å²) < 4.78 is 32.6. The van der Waals surface area contributed by atoms with Crippen molar-refractivity contribution in [3.8, 4) is 0 Å². The summed E-state index contributed by atoms with van der Waals surface area (Å²) in [6.07, 6.45) is 1.33. The first-order chi connectivity index (χ1) is 11.9. The molecule has 2 aromatic rings. The molecule has 0 fully saturated rings. The van der Waals surface area contributed by atoms with Gasteiger partial charge in [-0.1, -0.05) is 12.1 Å². The van der Waals surface area contributed by atoms with E-state index in [9.17, 15) is 18.0 Å². The van der Waals surface area contributed by atoms with Crippen molar-refractivity contribution in [3.05, 3.63) is 54.0 Å². The number of amidine groups is 1. The molecule has 1 aliphatic heterocycles. The van der Waals surface area contributed by atoms with Crippen molar-refractivity contribution in [1.29, 1.82) is 0 Å². The minimum absolute atomic E-state index is 0.0499. The van der Waals surface area contributed by atoms with E-state index < -0.39 is 21.8 Å². The quantitative estimate of drug-likeness (QED) is 0.748. The number of hydrogen-bond donors (Lipinski definition) is 2. The van der Waals surface area contributed by atoms with Crippen LogP contribution in [0.2, 0.25) is 0 Å². The van der Waals surface area contributed by atoms with Crippen molar-refractivity contribution in [2.45, 2.75) is 4.90 Å². The Bertz CT molecular complexity index is 950. The Morgan fingerprint density at radius 3 is 2.64 bits per heavy atom. The van der Waals surface area contributed by atoms with Crippen molar-refractivity contribution in [2.24, 2.45) is 4.40 Å². The minimum Gasteiger partial charge on any atom is -0.459 e. The SMILES string of the molecule is CN(CC(=O)NNC(=O)c1ccco1)C1=NS(=O)(=O)c2ccccc21. The molecule has 1 aromatic heterocycles. The first kappa shape index (κ1) is 16.7. The highest BCUT2D eigenvalue weighted by Crippen LogP contribution is 2.26. The van der Waals surface area contributed by atoms with Gasteiger partial charge in [-0.05, 0) is 24.3 Å². The third-order valence-electron chi connectivity index (χ3n) is 3.42. The number of amides is 2. The van der Waals surface area contributed by atoms with Gasteiger partial charge < -0.3 is 9.32 Å². The third-order valence-corrected chi connectivity index (χ3v) is 4.74. The van der Waals surface area contributed by atoms with Crippen molar-refractivity contribution >= 4 is 27.7 Å². The van der Waals surface area contributed by atoms with Crippen LogP contribution >= 0.6 is 0 Å². The summed E-state index contributed by atoms with van der Waals surface area (Å²) in [4.78, 5) is 25.1. The lowest BCUT2D eigenvalue weighted by Crippen LogP contribution is -2.46. The first-order valence-electron chi connectivity index (χ1n) is 7.17. The number of fused-ring (bicyclic) bond motifs is 1. The normalized spacial score (nSPS) is 14.4. The summed E-state index contributed by atoms with van der Waals surface area (Å²) in [5, 5.41) is 0. The fraction of sp³-hybridized carbons (Fsp3) is 0.133. The van der Waals surface area contributed by atoms with Gasteiger partial charge in [0.25, 0.3) is 15.9 Å². The molecule has 0 spiro atoms. The Kier molecular flexibility index (Phi) is 4.28. The molecular formula is C15H14N4O5S. The average molecular weight is 362 g/mol. The maximum atomic E-state index is 12.0. The molecule has 2 N–H and O–H groups in total. The topological polar surface area (TPSA) is 121 Å². The lowest BCUT2D eigenvalue weighted by Gasteiger charge is -2.18. The van der Waals surface area contributed by atoms with Crippen LogP contribution in [-0.4, -0.2) is 44.6 Å². The van der Waals surface area contributed by atoms with Gasteiger partial charge in [0.15, 0.2) is 11.6 Å². The summed E-state index contributed by atoms with van der Waals surface area (Å²) in [5.41, 5.74) is 4.85. The fourth-order valence-electron chi connectivity index (χ4n) is 2.29. The first-order valence-corrected chi connectivity index (χ1v) is 8.61. The number of hydrogen-bond acceptors (Lipinski definition) is 6. The van der Waals surface area contributed by atoms with Gasteiger partial charge in [0.2, 0.25) is 0 Å². The van der Waals surface area contributed by atoms with Gasteiger partial charge in [0.05, 0.1) is 12.8 Å². The van der Waals surface area contributed by atoms with E-state index in [1.54, 1.807) is 24.3 Å².